The van der Waals surface area contributed by atoms with Crippen LogP contribution in [0.4, 0.5) is 5.69 Å². The number of rotatable bonds is 6. The van der Waals surface area contributed by atoms with Gasteiger partial charge in [-0.05, 0) is 36.8 Å². The Morgan fingerprint density at radius 1 is 1.25 bits per heavy atom. The molecule has 0 bridgehead atoms. The molecule has 24 heavy (non-hydrogen) atoms. The molecule has 0 spiro atoms. The summed E-state index contributed by atoms with van der Waals surface area (Å²) >= 11 is 5.87. The molecule has 7 heteroatoms. The largest absolute Gasteiger partial charge is 0.494 e. The summed E-state index contributed by atoms with van der Waals surface area (Å²) < 4.78 is 5.37. The first kappa shape index (κ1) is 17.7. The number of nitrogens with zero attached hydrogens (tertiary/aromatic N) is 2. The van der Waals surface area contributed by atoms with Gasteiger partial charge in [-0.1, -0.05) is 23.7 Å². The number of nitro benzene ring substituents is 1. The summed E-state index contributed by atoms with van der Waals surface area (Å²) in [6, 6.07) is 11.3. The predicted molar refractivity (Wildman–Crippen MR) is 91.5 cm³/mol. The van der Waals surface area contributed by atoms with E-state index in [1.807, 2.05) is 31.2 Å². The third-order valence-corrected chi connectivity index (χ3v) is 3.62. The van der Waals surface area contributed by atoms with E-state index in [9.17, 15) is 14.9 Å². The Morgan fingerprint density at radius 2 is 1.92 bits per heavy atom. The van der Waals surface area contributed by atoms with Gasteiger partial charge in [-0.2, -0.15) is 0 Å². The summed E-state index contributed by atoms with van der Waals surface area (Å²) in [6.07, 6.45) is 0. The van der Waals surface area contributed by atoms with Crippen LogP contribution in [0.3, 0.4) is 0 Å². The molecule has 0 radical (unpaired) electrons. The average molecular weight is 349 g/mol. The Labute approximate surface area is 144 Å². The van der Waals surface area contributed by atoms with Crippen LogP contribution in [-0.4, -0.2) is 29.4 Å². The second-order valence-electron chi connectivity index (χ2n) is 5.16. The Hall–Kier alpha value is -2.60. The van der Waals surface area contributed by atoms with Crippen molar-refractivity contribution in [1.82, 2.24) is 4.90 Å². The zero-order valence-electron chi connectivity index (χ0n) is 13.4. The van der Waals surface area contributed by atoms with Crippen LogP contribution in [0.25, 0.3) is 0 Å². The molecule has 0 aliphatic rings. The monoisotopic (exact) mass is 348 g/mol. The van der Waals surface area contributed by atoms with Gasteiger partial charge >= 0.3 is 0 Å². The maximum Gasteiger partial charge on any atom is 0.282 e. The van der Waals surface area contributed by atoms with E-state index in [-0.39, 0.29) is 16.3 Å². The highest BCUT2D eigenvalue weighted by Crippen LogP contribution is 2.24. The molecule has 0 saturated carbocycles. The molecule has 2 rings (SSSR count). The minimum atomic E-state index is -0.589. The number of carbonyl (C=O) groups excluding carboxylic acids is 1. The fourth-order valence-corrected chi connectivity index (χ4v) is 2.42. The predicted octanol–water partition coefficient (Wildman–Crippen LogP) is 3.92. The Kier molecular flexibility index (Phi) is 5.76. The lowest BCUT2D eigenvalue weighted by Gasteiger charge is -2.17. The number of carbonyl (C=O) groups is 1. The normalized spacial score (nSPS) is 10.3. The topological polar surface area (TPSA) is 72.7 Å². The SMILES string of the molecule is CCOc1ccc(CN(C)C(=O)c2cc(Cl)ccc2[N+](=O)[O-])cc1. The summed E-state index contributed by atoms with van der Waals surface area (Å²) in [5.41, 5.74) is 0.600. The van der Waals surface area contributed by atoms with Crippen LogP contribution in [0, 0.1) is 10.1 Å². The van der Waals surface area contributed by atoms with Crippen molar-refractivity contribution in [2.24, 2.45) is 0 Å². The van der Waals surface area contributed by atoms with Crippen LogP contribution in [0.5, 0.6) is 5.75 Å². The van der Waals surface area contributed by atoms with E-state index in [1.165, 1.54) is 23.1 Å². The second-order valence-corrected chi connectivity index (χ2v) is 5.59. The first-order valence-corrected chi connectivity index (χ1v) is 7.71. The van der Waals surface area contributed by atoms with Gasteiger partial charge in [0.2, 0.25) is 0 Å². The highest BCUT2D eigenvalue weighted by Gasteiger charge is 2.23. The Bertz CT molecular complexity index is 747. The molecular weight excluding hydrogens is 332 g/mol. The average Bonchev–Trinajstić information content (AvgIpc) is 2.55. The van der Waals surface area contributed by atoms with E-state index in [0.717, 1.165) is 11.3 Å². The molecule has 1 amide bonds. The zero-order chi connectivity index (χ0) is 17.7. The summed E-state index contributed by atoms with van der Waals surface area (Å²) in [5.74, 6) is 0.291. The van der Waals surface area contributed by atoms with Crippen molar-refractivity contribution in [3.8, 4) is 5.75 Å². The first-order chi connectivity index (χ1) is 11.4. The molecule has 0 aliphatic carbocycles. The van der Waals surface area contributed by atoms with Crippen molar-refractivity contribution in [3.05, 3.63) is 68.7 Å². The quantitative estimate of drug-likeness (QED) is 0.586. The lowest BCUT2D eigenvalue weighted by Crippen LogP contribution is -2.26. The van der Waals surface area contributed by atoms with E-state index in [1.54, 1.807) is 7.05 Å². The molecule has 0 atom stereocenters. The number of hydrogen-bond donors (Lipinski definition) is 0. The van der Waals surface area contributed by atoms with Gasteiger partial charge in [0.1, 0.15) is 11.3 Å². The molecule has 6 nitrogen and oxygen atoms in total. The maximum absolute atomic E-state index is 12.5. The summed E-state index contributed by atoms with van der Waals surface area (Å²) in [4.78, 5) is 24.5. The maximum atomic E-state index is 12.5. The Morgan fingerprint density at radius 3 is 2.50 bits per heavy atom. The number of hydrogen-bond acceptors (Lipinski definition) is 4. The summed E-state index contributed by atoms with van der Waals surface area (Å²) in [5, 5.41) is 11.4. The molecule has 2 aromatic rings. The van der Waals surface area contributed by atoms with Gasteiger partial charge in [0.05, 0.1) is 11.5 Å². The van der Waals surface area contributed by atoms with Crippen LogP contribution in [0.1, 0.15) is 22.8 Å². The molecule has 0 N–H and O–H groups in total. The van der Waals surface area contributed by atoms with E-state index in [2.05, 4.69) is 0 Å². The van der Waals surface area contributed by atoms with Crippen molar-refractivity contribution < 1.29 is 14.5 Å². The molecular formula is C17H17ClN2O4. The molecule has 2 aromatic carbocycles. The molecule has 0 saturated heterocycles. The minimum Gasteiger partial charge on any atom is -0.494 e. The van der Waals surface area contributed by atoms with Gasteiger partial charge in [0, 0.05) is 24.7 Å². The number of nitro groups is 1. The lowest BCUT2D eigenvalue weighted by atomic mass is 10.1. The van der Waals surface area contributed by atoms with E-state index >= 15 is 0 Å². The molecule has 0 aromatic heterocycles. The molecule has 0 fully saturated rings. The molecule has 0 aliphatic heterocycles. The van der Waals surface area contributed by atoms with E-state index in [0.29, 0.717) is 13.2 Å². The molecule has 0 heterocycles. The first-order valence-electron chi connectivity index (χ1n) is 7.33. The van der Waals surface area contributed by atoms with Gasteiger partial charge in [-0.15, -0.1) is 0 Å². The van der Waals surface area contributed by atoms with Crippen molar-refractivity contribution in [1.29, 1.82) is 0 Å². The summed E-state index contributed by atoms with van der Waals surface area (Å²) in [7, 11) is 1.59. The van der Waals surface area contributed by atoms with E-state index < -0.39 is 10.8 Å². The van der Waals surface area contributed by atoms with Crippen molar-refractivity contribution in [2.75, 3.05) is 13.7 Å². The highest BCUT2D eigenvalue weighted by molar-refractivity contribution is 6.31. The van der Waals surface area contributed by atoms with Gasteiger partial charge in [-0.3, -0.25) is 14.9 Å². The van der Waals surface area contributed by atoms with Crippen LogP contribution in [0.2, 0.25) is 5.02 Å². The standard InChI is InChI=1S/C17H17ClN2O4/c1-3-24-14-7-4-12(5-8-14)11-19(2)17(21)15-10-13(18)6-9-16(15)20(22)23/h4-10H,3,11H2,1-2H3. The van der Waals surface area contributed by atoms with Gasteiger partial charge in [0.15, 0.2) is 0 Å². The van der Waals surface area contributed by atoms with Crippen molar-refractivity contribution >= 4 is 23.2 Å². The fraction of sp³-hybridized carbons (Fsp3) is 0.235. The smallest absolute Gasteiger partial charge is 0.282 e. The summed E-state index contributed by atoms with van der Waals surface area (Å²) in [6.45, 7) is 2.79. The second kappa shape index (κ2) is 7.79. The number of halogens is 1. The molecule has 126 valence electrons. The Balaban J connectivity index is 2.17. The van der Waals surface area contributed by atoms with Crippen molar-refractivity contribution in [2.45, 2.75) is 13.5 Å². The lowest BCUT2D eigenvalue weighted by molar-refractivity contribution is -0.385. The van der Waals surface area contributed by atoms with Crippen molar-refractivity contribution in [3.63, 3.8) is 0 Å². The van der Waals surface area contributed by atoms with Gasteiger partial charge in [-0.25, -0.2) is 0 Å². The number of benzene rings is 2. The van der Waals surface area contributed by atoms with Crippen LogP contribution in [0.15, 0.2) is 42.5 Å². The highest BCUT2D eigenvalue weighted by atomic mass is 35.5. The number of ether oxygens (including phenoxy) is 1. The van der Waals surface area contributed by atoms with Gasteiger partial charge in [0.25, 0.3) is 11.6 Å². The molecule has 0 unspecified atom stereocenters. The number of amides is 1. The zero-order valence-corrected chi connectivity index (χ0v) is 14.1. The minimum absolute atomic E-state index is 0.0269. The van der Waals surface area contributed by atoms with Crippen LogP contribution < -0.4 is 4.74 Å². The van der Waals surface area contributed by atoms with Crippen LogP contribution in [-0.2, 0) is 6.54 Å². The third-order valence-electron chi connectivity index (χ3n) is 3.39. The van der Waals surface area contributed by atoms with Crippen LogP contribution >= 0.6 is 11.6 Å². The third kappa shape index (κ3) is 4.23. The fourth-order valence-electron chi connectivity index (χ4n) is 2.25. The van der Waals surface area contributed by atoms with Gasteiger partial charge < -0.3 is 9.64 Å². The van der Waals surface area contributed by atoms with E-state index in [4.69, 9.17) is 16.3 Å².